The zero-order valence-electron chi connectivity index (χ0n) is 11.5. The van der Waals surface area contributed by atoms with E-state index in [2.05, 4.69) is 26.6 Å². The molecule has 0 saturated carbocycles. The molecule has 1 aromatic carbocycles. The first-order chi connectivity index (χ1) is 10.1. The zero-order chi connectivity index (χ0) is 15.2. The molecule has 110 valence electrons. The number of nitrogens with one attached hydrogen (secondary N) is 2. The van der Waals surface area contributed by atoms with Crippen LogP contribution in [0.1, 0.15) is 21.7 Å². The number of benzene rings is 1. The molecular formula is C15H15BrN2O2S. The number of aryl methyl sites for hydroxylation is 1. The first-order valence-electron chi connectivity index (χ1n) is 6.44. The molecule has 0 unspecified atom stereocenters. The van der Waals surface area contributed by atoms with E-state index in [0.29, 0.717) is 11.4 Å². The molecule has 0 aliphatic heterocycles. The number of hydrogen-bond donors (Lipinski definition) is 2. The van der Waals surface area contributed by atoms with Crippen molar-refractivity contribution in [2.75, 3.05) is 11.9 Å². The minimum Gasteiger partial charge on any atom is -0.351 e. The minimum absolute atomic E-state index is 0.125. The molecule has 0 saturated heterocycles. The number of halogens is 1. The fourth-order valence-corrected chi connectivity index (χ4v) is 2.84. The van der Waals surface area contributed by atoms with Gasteiger partial charge in [-0.3, -0.25) is 9.59 Å². The van der Waals surface area contributed by atoms with Crippen molar-refractivity contribution in [2.45, 2.75) is 13.3 Å². The van der Waals surface area contributed by atoms with Gasteiger partial charge in [-0.15, -0.1) is 11.3 Å². The molecular weight excluding hydrogens is 352 g/mol. The van der Waals surface area contributed by atoms with Gasteiger partial charge in [0.15, 0.2) is 0 Å². The van der Waals surface area contributed by atoms with E-state index in [1.165, 1.54) is 11.3 Å². The highest BCUT2D eigenvalue weighted by molar-refractivity contribution is 9.10. The molecule has 21 heavy (non-hydrogen) atoms. The topological polar surface area (TPSA) is 58.2 Å². The molecule has 2 aromatic rings. The Balaban J connectivity index is 1.76. The third-order valence-electron chi connectivity index (χ3n) is 2.83. The van der Waals surface area contributed by atoms with Crippen LogP contribution >= 0.6 is 27.3 Å². The van der Waals surface area contributed by atoms with Crippen molar-refractivity contribution in [1.29, 1.82) is 0 Å². The Hall–Kier alpha value is -1.66. The van der Waals surface area contributed by atoms with E-state index in [4.69, 9.17) is 0 Å². The van der Waals surface area contributed by atoms with Crippen molar-refractivity contribution in [3.63, 3.8) is 0 Å². The third kappa shape index (κ3) is 4.68. The summed E-state index contributed by atoms with van der Waals surface area (Å²) < 4.78 is 0.957. The Kier molecular flexibility index (Phi) is 5.52. The average Bonchev–Trinajstić information content (AvgIpc) is 2.87. The predicted molar refractivity (Wildman–Crippen MR) is 88.8 cm³/mol. The van der Waals surface area contributed by atoms with E-state index in [1.54, 1.807) is 0 Å². The summed E-state index contributed by atoms with van der Waals surface area (Å²) in [5.41, 5.74) is 1.69. The second-order valence-corrected chi connectivity index (χ2v) is 6.33. The summed E-state index contributed by atoms with van der Waals surface area (Å²) >= 11 is 4.74. The van der Waals surface area contributed by atoms with Crippen molar-refractivity contribution in [2.24, 2.45) is 0 Å². The molecule has 0 radical (unpaired) electrons. The second-order valence-electron chi connectivity index (χ2n) is 4.49. The maximum Gasteiger partial charge on any atom is 0.261 e. The van der Waals surface area contributed by atoms with Gasteiger partial charge in [0.1, 0.15) is 0 Å². The molecule has 0 spiro atoms. The molecule has 1 heterocycles. The van der Waals surface area contributed by atoms with Crippen LogP contribution in [-0.4, -0.2) is 18.4 Å². The molecule has 4 nitrogen and oxygen atoms in total. The monoisotopic (exact) mass is 366 g/mol. The highest BCUT2D eigenvalue weighted by Gasteiger charge is 2.10. The van der Waals surface area contributed by atoms with Crippen molar-refractivity contribution in [3.05, 3.63) is 50.6 Å². The van der Waals surface area contributed by atoms with E-state index in [9.17, 15) is 9.59 Å². The summed E-state index contributed by atoms with van der Waals surface area (Å²) in [6.45, 7) is 2.21. The first-order valence-corrected chi connectivity index (χ1v) is 8.11. The van der Waals surface area contributed by atoms with Gasteiger partial charge in [-0.2, -0.15) is 0 Å². The molecule has 2 amide bonds. The van der Waals surface area contributed by atoms with Gasteiger partial charge in [-0.25, -0.2) is 0 Å². The standard InChI is InChI=1S/C15H15BrN2O2S/c1-10-7-9-21-14(10)15(20)17-8-6-13(19)18-12-4-2-11(16)3-5-12/h2-5,7,9H,6,8H2,1H3,(H,17,20)(H,18,19). The highest BCUT2D eigenvalue weighted by Crippen LogP contribution is 2.15. The molecule has 6 heteroatoms. The van der Waals surface area contributed by atoms with Gasteiger partial charge in [0, 0.05) is 23.1 Å². The number of amides is 2. The smallest absolute Gasteiger partial charge is 0.261 e. The number of anilines is 1. The molecule has 2 rings (SSSR count). The fourth-order valence-electron chi connectivity index (χ4n) is 1.73. The molecule has 0 aliphatic carbocycles. The van der Waals surface area contributed by atoms with Gasteiger partial charge in [-0.1, -0.05) is 15.9 Å². The summed E-state index contributed by atoms with van der Waals surface area (Å²) in [4.78, 5) is 24.3. The molecule has 0 atom stereocenters. The SMILES string of the molecule is Cc1ccsc1C(=O)NCCC(=O)Nc1ccc(Br)cc1. The molecule has 0 bridgehead atoms. The quantitative estimate of drug-likeness (QED) is 0.849. The van der Waals surface area contributed by atoms with Crippen LogP contribution in [0.3, 0.4) is 0 Å². The zero-order valence-corrected chi connectivity index (χ0v) is 13.9. The van der Waals surface area contributed by atoms with Crippen LogP contribution in [0.5, 0.6) is 0 Å². The summed E-state index contributed by atoms with van der Waals surface area (Å²) in [6.07, 6.45) is 0.242. The Labute approximate surface area is 135 Å². The maximum atomic E-state index is 11.9. The lowest BCUT2D eigenvalue weighted by Gasteiger charge is -2.06. The van der Waals surface area contributed by atoms with E-state index in [1.807, 2.05) is 42.6 Å². The Morgan fingerprint density at radius 3 is 2.52 bits per heavy atom. The van der Waals surface area contributed by atoms with Crippen LogP contribution in [0, 0.1) is 6.92 Å². The van der Waals surface area contributed by atoms with Crippen molar-refractivity contribution >= 4 is 44.8 Å². The third-order valence-corrected chi connectivity index (χ3v) is 4.38. The summed E-state index contributed by atoms with van der Waals surface area (Å²) in [5.74, 6) is -0.250. The normalized spacial score (nSPS) is 10.2. The lowest BCUT2D eigenvalue weighted by atomic mass is 10.2. The van der Waals surface area contributed by atoms with Gasteiger partial charge in [0.2, 0.25) is 5.91 Å². The number of thiophene rings is 1. The average molecular weight is 367 g/mol. The van der Waals surface area contributed by atoms with E-state index < -0.39 is 0 Å². The van der Waals surface area contributed by atoms with Gasteiger partial charge in [0.05, 0.1) is 4.88 Å². The summed E-state index contributed by atoms with van der Waals surface area (Å²) in [5, 5.41) is 7.41. The van der Waals surface area contributed by atoms with Crippen LogP contribution in [0.25, 0.3) is 0 Å². The van der Waals surface area contributed by atoms with Gasteiger partial charge >= 0.3 is 0 Å². The number of hydrogen-bond acceptors (Lipinski definition) is 3. The highest BCUT2D eigenvalue weighted by atomic mass is 79.9. The Bertz CT molecular complexity index is 637. The predicted octanol–water partition coefficient (Wildman–Crippen LogP) is 3.58. The number of carbonyl (C=O) groups is 2. The van der Waals surface area contributed by atoms with Crippen molar-refractivity contribution < 1.29 is 9.59 Å². The Morgan fingerprint density at radius 2 is 1.90 bits per heavy atom. The lowest BCUT2D eigenvalue weighted by molar-refractivity contribution is -0.116. The van der Waals surface area contributed by atoms with Gasteiger partial charge in [0.25, 0.3) is 5.91 Å². The Morgan fingerprint density at radius 1 is 1.19 bits per heavy atom. The van der Waals surface area contributed by atoms with Crippen molar-refractivity contribution in [1.82, 2.24) is 5.32 Å². The van der Waals surface area contributed by atoms with Crippen LogP contribution in [-0.2, 0) is 4.79 Å². The van der Waals surface area contributed by atoms with Gasteiger partial charge in [-0.05, 0) is 48.2 Å². The van der Waals surface area contributed by atoms with Crippen LogP contribution in [0.15, 0.2) is 40.2 Å². The molecule has 1 aromatic heterocycles. The van der Waals surface area contributed by atoms with Gasteiger partial charge < -0.3 is 10.6 Å². The van der Waals surface area contributed by atoms with E-state index >= 15 is 0 Å². The van der Waals surface area contributed by atoms with Crippen LogP contribution in [0.2, 0.25) is 0 Å². The van der Waals surface area contributed by atoms with E-state index in [0.717, 1.165) is 15.7 Å². The number of carbonyl (C=O) groups excluding carboxylic acids is 2. The largest absolute Gasteiger partial charge is 0.351 e. The van der Waals surface area contributed by atoms with Crippen LogP contribution in [0.4, 0.5) is 5.69 Å². The first kappa shape index (κ1) is 15.7. The molecule has 0 aliphatic rings. The second kappa shape index (κ2) is 7.38. The molecule has 0 fully saturated rings. The van der Waals surface area contributed by atoms with E-state index in [-0.39, 0.29) is 18.2 Å². The maximum absolute atomic E-state index is 11.9. The molecule has 2 N–H and O–H groups in total. The van der Waals surface area contributed by atoms with Crippen molar-refractivity contribution in [3.8, 4) is 0 Å². The lowest BCUT2D eigenvalue weighted by Crippen LogP contribution is -2.27. The fraction of sp³-hybridized carbons (Fsp3) is 0.200. The minimum atomic E-state index is -0.126. The van der Waals surface area contributed by atoms with Crippen LogP contribution < -0.4 is 10.6 Å². The summed E-state index contributed by atoms with van der Waals surface area (Å²) in [7, 11) is 0. The summed E-state index contributed by atoms with van der Waals surface area (Å²) in [6, 6.07) is 9.25. The number of rotatable bonds is 5.